The number of phosphoric ester groups is 1. The fourth-order valence-corrected chi connectivity index (χ4v) is 4.84. The van der Waals surface area contributed by atoms with Gasteiger partial charge in [0.25, 0.3) is 5.56 Å². The standard InChI is InChI=1S/C17H22N3O9P/c1-17(2)28-12-11-9-26-30(23,24-6-3-5-18)25-7-4-10-8-20(16(22)19-14(10)21)15(27-11)13(12)29-17/h8,11-13,15H,3-4,6-7,9H2,1-2H3,(H,19,21,22)/t11-,12-,13-,15-,30?/m1/s1. The molecule has 3 aliphatic heterocycles. The highest BCUT2D eigenvalue weighted by Gasteiger charge is 2.56. The van der Waals surface area contributed by atoms with Crippen molar-refractivity contribution in [2.75, 3.05) is 19.8 Å². The fourth-order valence-electron chi connectivity index (χ4n) is 3.66. The second-order valence-corrected chi connectivity index (χ2v) is 9.19. The molecule has 5 atom stereocenters. The van der Waals surface area contributed by atoms with Gasteiger partial charge in [-0.2, -0.15) is 5.26 Å². The van der Waals surface area contributed by atoms with Crippen LogP contribution in [0, 0.1) is 11.3 Å². The van der Waals surface area contributed by atoms with Crippen LogP contribution in [0.3, 0.4) is 0 Å². The zero-order valence-corrected chi connectivity index (χ0v) is 17.3. The molecule has 0 saturated carbocycles. The Morgan fingerprint density at radius 3 is 2.87 bits per heavy atom. The zero-order valence-electron chi connectivity index (χ0n) is 16.4. The molecule has 0 amide bonds. The van der Waals surface area contributed by atoms with Gasteiger partial charge in [-0.05, 0) is 13.8 Å². The van der Waals surface area contributed by atoms with Gasteiger partial charge in [-0.1, -0.05) is 0 Å². The van der Waals surface area contributed by atoms with Crippen LogP contribution in [0.2, 0.25) is 0 Å². The van der Waals surface area contributed by atoms with E-state index in [0.29, 0.717) is 0 Å². The van der Waals surface area contributed by atoms with Gasteiger partial charge < -0.3 is 14.2 Å². The van der Waals surface area contributed by atoms with Crippen LogP contribution in [0.1, 0.15) is 32.1 Å². The molecule has 2 saturated heterocycles. The quantitative estimate of drug-likeness (QED) is 0.519. The average molecular weight is 443 g/mol. The molecule has 4 heterocycles. The smallest absolute Gasteiger partial charge is 0.346 e. The minimum Gasteiger partial charge on any atom is -0.346 e. The number of H-pyrrole nitrogens is 1. The summed E-state index contributed by atoms with van der Waals surface area (Å²) in [6, 6.07) is 1.88. The van der Waals surface area contributed by atoms with Crippen molar-refractivity contribution < 1.29 is 32.3 Å². The van der Waals surface area contributed by atoms with Crippen LogP contribution >= 0.6 is 7.82 Å². The summed E-state index contributed by atoms with van der Waals surface area (Å²) >= 11 is 0. The summed E-state index contributed by atoms with van der Waals surface area (Å²) in [5.74, 6) is -0.940. The number of ether oxygens (including phenoxy) is 3. The molecular weight excluding hydrogens is 421 g/mol. The molecule has 12 nitrogen and oxygen atoms in total. The highest BCUT2D eigenvalue weighted by atomic mass is 31.2. The molecule has 1 N–H and O–H groups in total. The first kappa shape index (κ1) is 21.4. The second-order valence-electron chi connectivity index (χ2n) is 7.52. The van der Waals surface area contributed by atoms with Crippen LogP contribution in [0.4, 0.5) is 0 Å². The Hall–Kier alpha value is -1.84. The Bertz CT molecular complexity index is 1010. The zero-order chi connectivity index (χ0) is 21.5. The highest BCUT2D eigenvalue weighted by molar-refractivity contribution is 7.48. The largest absolute Gasteiger partial charge is 0.474 e. The minimum atomic E-state index is -4.03. The Morgan fingerprint density at radius 2 is 2.10 bits per heavy atom. The van der Waals surface area contributed by atoms with E-state index in [9.17, 15) is 14.2 Å². The van der Waals surface area contributed by atoms with E-state index in [-0.39, 0.29) is 38.2 Å². The summed E-state index contributed by atoms with van der Waals surface area (Å²) in [7, 11) is -4.03. The van der Waals surface area contributed by atoms with Gasteiger partial charge in [-0.3, -0.25) is 27.9 Å². The minimum absolute atomic E-state index is 0.000811. The van der Waals surface area contributed by atoms with Crippen LogP contribution < -0.4 is 11.2 Å². The summed E-state index contributed by atoms with van der Waals surface area (Å²) in [6.45, 7) is 2.93. The lowest BCUT2D eigenvalue weighted by atomic mass is 10.1. The number of hydrogen-bond donors (Lipinski definition) is 1. The van der Waals surface area contributed by atoms with E-state index in [4.69, 9.17) is 33.0 Å². The van der Waals surface area contributed by atoms with E-state index < -0.39 is 49.4 Å². The van der Waals surface area contributed by atoms with E-state index in [2.05, 4.69) is 4.98 Å². The van der Waals surface area contributed by atoms with Crippen molar-refractivity contribution in [3.8, 4) is 6.07 Å². The van der Waals surface area contributed by atoms with Crippen molar-refractivity contribution in [2.24, 2.45) is 0 Å². The number of nitriles is 1. The molecule has 0 spiro atoms. The van der Waals surface area contributed by atoms with Crippen LogP contribution in [0.5, 0.6) is 0 Å². The molecule has 0 aromatic carbocycles. The molecular formula is C17H22N3O9P. The van der Waals surface area contributed by atoms with Crippen LogP contribution in [0.25, 0.3) is 0 Å². The first-order valence-electron chi connectivity index (χ1n) is 9.47. The number of phosphoric acid groups is 1. The highest BCUT2D eigenvalue weighted by Crippen LogP contribution is 2.51. The molecule has 3 aliphatic rings. The fraction of sp³-hybridized carbons (Fsp3) is 0.706. The number of rotatable bonds is 3. The third kappa shape index (κ3) is 4.15. The molecule has 1 aromatic heterocycles. The summed E-state index contributed by atoms with van der Waals surface area (Å²) in [4.78, 5) is 26.9. The number of nitrogens with one attached hydrogen (secondary N) is 1. The third-order valence-corrected chi connectivity index (χ3v) is 6.38. The maximum atomic E-state index is 13.0. The molecule has 164 valence electrons. The van der Waals surface area contributed by atoms with Crippen molar-refractivity contribution in [2.45, 2.75) is 57.0 Å². The van der Waals surface area contributed by atoms with Crippen molar-refractivity contribution >= 4 is 7.82 Å². The molecule has 0 radical (unpaired) electrons. The van der Waals surface area contributed by atoms with Gasteiger partial charge in [0.15, 0.2) is 12.0 Å². The van der Waals surface area contributed by atoms with Gasteiger partial charge >= 0.3 is 13.5 Å². The van der Waals surface area contributed by atoms with Gasteiger partial charge in [0, 0.05) is 18.2 Å². The lowest BCUT2D eigenvalue weighted by molar-refractivity contribution is -0.200. The molecule has 1 aromatic rings. The Morgan fingerprint density at radius 1 is 1.33 bits per heavy atom. The lowest BCUT2D eigenvalue weighted by Gasteiger charge is -2.26. The lowest BCUT2D eigenvalue weighted by Crippen LogP contribution is -2.38. The molecule has 4 bridgehead atoms. The topological polar surface area (TPSA) is 151 Å². The number of nitrogens with zero attached hydrogens (tertiary/aromatic N) is 2. The molecule has 30 heavy (non-hydrogen) atoms. The van der Waals surface area contributed by atoms with Gasteiger partial charge in [-0.25, -0.2) is 9.36 Å². The molecule has 2 fully saturated rings. The van der Waals surface area contributed by atoms with Gasteiger partial charge in [-0.15, -0.1) is 0 Å². The number of aromatic nitrogens is 2. The number of fused-ring (bicyclic) bond motifs is 8. The maximum Gasteiger partial charge on any atom is 0.474 e. The Kier molecular flexibility index (Phi) is 5.71. The van der Waals surface area contributed by atoms with Gasteiger partial charge in [0.2, 0.25) is 0 Å². The first-order valence-corrected chi connectivity index (χ1v) is 10.9. The Labute approximate surface area is 171 Å². The van der Waals surface area contributed by atoms with Crippen molar-refractivity contribution in [3.05, 3.63) is 32.6 Å². The van der Waals surface area contributed by atoms with Gasteiger partial charge in [0.05, 0.1) is 32.3 Å². The number of hydrogen-bond acceptors (Lipinski definition) is 10. The Balaban J connectivity index is 1.70. The predicted molar refractivity (Wildman–Crippen MR) is 98.5 cm³/mol. The summed E-state index contributed by atoms with van der Waals surface area (Å²) in [5.41, 5.74) is -1.01. The average Bonchev–Trinajstić information content (AvgIpc) is 3.15. The summed E-state index contributed by atoms with van der Waals surface area (Å²) in [5, 5.41) is 8.68. The van der Waals surface area contributed by atoms with Crippen LogP contribution in [-0.2, 0) is 38.8 Å². The van der Waals surface area contributed by atoms with E-state index in [0.717, 1.165) is 0 Å². The van der Waals surface area contributed by atoms with E-state index in [1.54, 1.807) is 13.8 Å². The number of aromatic amines is 1. The van der Waals surface area contributed by atoms with Crippen molar-refractivity contribution in [1.82, 2.24) is 9.55 Å². The third-order valence-electron chi connectivity index (χ3n) is 4.92. The molecule has 0 aliphatic carbocycles. The van der Waals surface area contributed by atoms with E-state index >= 15 is 0 Å². The summed E-state index contributed by atoms with van der Waals surface area (Å²) < 4.78 is 48.0. The van der Waals surface area contributed by atoms with Crippen molar-refractivity contribution in [3.63, 3.8) is 0 Å². The van der Waals surface area contributed by atoms with Crippen LogP contribution in [-0.4, -0.2) is 53.5 Å². The molecule has 4 rings (SSSR count). The van der Waals surface area contributed by atoms with E-state index in [1.807, 2.05) is 6.07 Å². The molecule has 13 heteroatoms. The first-order chi connectivity index (χ1) is 14.2. The summed E-state index contributed by atoms with van der Waals surface area (Å²) in [6.07, 6.45) is -1.50. The van der Waals surface area contributed by atoms with E-state index in [1.165, 1.54) is 10.8 Å². The SMILES string of the molecule is CC1(C)O[C@@H]2[C@H](O1)[C@H]1COP(=O)(OCCC#N)OCCc3cn(c(=O)[nH]c3=O)[C@@H]2O1. The molecule has 1 unspecified atom stereocenters. The monoisotopic (exact) mass is 443 g/mol. The maximum absolute atomic E-state index is 13.0. The normalized spacial score (nSPS) is 35.1. The van der Waals surface area contributed by atoms with Crippen molar-refractivity contribution in [1.29, 1.82) is 5.26 Å². The van der Waals surface area contributed by atoms with Crippen LogP contribution in [0.15, 0.2) is 15.8 Å². The predicted octanol–water partition coefficient (Wildman–Crippen LogP) is 0.582. The van der Waals surface area contributed by atoms with Gasteiger partial charge in [0.1, 0.15) is 18.3 Å². The second kappa shape index (κ2) is 8.01.